The van der Waals surface area contributed by atoms with Gasteiger partial charge in [0.1, 0.15) is 5.75 Å². The van der Waals surface area contributed by atoms with Crippen LogP contribution in [0, 0.1) is 0 Å². The van der Waals surface area contributed by atoms with Crippen LogP contribution in [0.4, 0.5) is 5.69 Å². The number of hydrogen-bond acceptors (Lipinski definition) is 5. The Labute approximate surface area is 182 Å². The first kappa shape index (κ1) is 20.7. The molecule has 0 unspecified atom stereocenters. The lowest BCUT2D eigenvalue weighted by Gasteiger charge is -2.25. The number of fused-ring (bicyclic) bond motifs is 1. The third-order valence-corrected chi connectivity index (χ3v) is 5.43. The first-order chi connectivity index (χ1) is 15.1. The molecule has 3 aromatic rings. The number of ether oxygens (including phenoxy) is 2. The molecule has 160 valence electrons. The van der Waals surface area contributed by atoms with Crippen LogP contribution in [0.25, 0.3) is 17.2 Å². The van der Waals surface area contributed by atoms with E-state index in [-0.39, 0.29) is 5.97 Å². The predicted molar refractivity (Wildman–Crippen MR) is 122 cm³/mol. The Balaban J connectivity index is 1.77. The molecule has 0 bridgehead atoms. The van der Waals surface area contributed by atoms with Gasteiger partial charge in [-0.05, 0) is 48.7 Å². The highest BCUT2D eigenvalue weighted by atomic mass is 16.5. The number of hydrogen-bond donors (Lipinski definition) is 0. The molecule has 1 aliphatic heterocycles. The van der Waals surface area contributed by atoms with Crippen molar-refractivity contribution in [3.63, 3.8) is 0 Å². The zero-order chi connectivity index (χ0) is 21.8. The normalized spacial score (nSPS) is 13.3. The molecule has 0 amide bonds. The van der Waals surface area contributed by atoms with Crippen molar-refractivity contribution < 1.29 is 14.3 Å². The fraction of sp³-hybridized carbons (Fsp3) is 0.280. The lowest BCUT2D eigenvalue weighted by atomic mass is 9.99. The van der Waals surface area contributed by atoms with E-state index in [0.29, 0.717) is 18.6 Å². The average molecular weight is 418 g/mol. The van der Waals surface area contributed by atoms with Gasteiger partial charge in [-0.2, -0.15) is 5.10 Å². The molecule has 2 aromatic carbocycles. The summed E-state index contributed by atoms with van der Waals surface area (Å²) < 4.78 is 12.7. The van der Waals surface area contributed by atoms with E-state index >= 15 is 0 Å². The second-order valence-electron chi connectivity index (χ2n) is 7.56. The molecule has 6 nitrogen and oxygen atoms in total. The Bertz CT molecular complexity index is 1120. The lowest BCUT2D eigenvalue weighted by molar-refractivity contribution is -0.136. The molecule has 31 heavy (non-hydrogen) atoms. The Morgan fingerprint density at radius 1 is 1.19 bits per heavy atom. The molecular formula is C25H27N3O3. The Hall–Kier alpha value is -3.54. The van der Waals surface area contributed by atoms with Crippen molar-refractivity contribution >= 4 is 17.7 Å². The number of aromatic nitrogens is 2. The minimum absolute atomic E-state index is 0.283. The third-order valence-electron chi connectivity index (χ3n) is 5.43. The second-order valence-corrected chi connectivity index (χ2v) is 7.56. The molecule has 4 rings (SSSR count). The van der Waals surface area contributed by atoms with Gasteiger partial charge in [0.05, 0.1) is 19.9 Å². The molecular weight excluding hydrogens is 390 g/mol. The summed E-state index contributed by atoms with van der Waals surface area (Å²) in [6.45, 7) is 4.03. The topological polar surface area (TPSA) is 56.6 Å². The Morgan fingerprint density at radius 2 is 2.03 bits per heavy atom. The monoisotopic (exact) mass is 417 g/mol. The number of anilines is 1. The molecule has 0 N–H and O–H groups in total. The van der Waals surface area contributed by atoms with E-state index in [1.165, 1.54) is 7.11 Å². The van der Waals surface area contributed by atoms with E-state index in [4.69, 9.17) is 9.47 Å². The number of nitrogens with zero attached hydrogens (tertiary/aromatic N) is 3. The van der Waals surface area contributed by atoms with Gasteiger partial charge in [0.25, 0.3) is 0 Å². The zero-order valence-corrected chi connectivity index (χ0v) is 18.2. The molecule has 0 saturated heterocycles. The van der Waals surface area contributed by atoms with Crippen molar-refractivity contribution in [3.8, 4) is 16.9 Å². The van der Waals surface area contributed by atoms with E-state index < -0.39 is 0 Å². The molecule has 1 aromatic heterocycles. The van der Waals surface area contributed by atoms with Gasteiger partial charge in [-0.3, -0.25) is 4.68 Å². The maximum absolute atomic E-state index is 12.3. The summed E-state index contributed by atoms with van der Waals surface area (Å²) in [5, 5.41) is 4.29. The smallest absolute Gasteiger partial charge is 0.333 e. The first-order valence-electron chi connectivity index (χ1n) is 10.5. The van der Waals surface area contributed by atoms with Crippen molar-refractivity contribution in [2.24, 2.45) is 7.05 Å². The number of rotatable bonds is 6. The average Bonchev–Trinajstić information content (AvgIpc) is 3.11. The third kappa shape index (κ3) is 4.48. The number of methoxy groups -OCH3 is 1. The molecule has 0 radical (unpaired) electrons. The van der Waals surface area contributed by atoms with E-state index in [0.717, 1.165) is 46.8 Å². The zero-order valence-electron chi connectivity index (χ0n) is 18.2. The van der Waals surface area contributed by atoms with Crippen molar-refractivity contribution in [3.05, 3.63) is 71.6 Å². The van der Waals surface area contributed by atoms with Crippen LogP contribution in [0.15, 0.2) is 60.4 Å². The minimum Gasteiger partial charge on any atom is -0.493 e. The van der Waals surface area contributed by atoms with Crippen LogP contribution in [-0.4, -0.2) is 36.0 Å². The standard InChI is InChI=1S/C25H27N3O3/c1-4-31-24-8-6-5-7-22(24)19-9-10-23-21(13-19)14-20(25(29)30-3)11-12-28(23)17-18-15-26-27(2)16-18/h5-10,13-16H,4,11-12,17H2,1-3H3. The van der Waals surface area contributed by atoms with Gasteiger partial charge in [-0.15, -0.1) is 0 Å². The van der Waals surface area contributed by atoms with Crippen LogP contribution in [0.1, 0.15) is 24.5 Å². The van der Waals surface area contributed by atoms with E-state index in [2.05, 4.69) is 34.3 Å². The van der Waals surface area contributed by atoms with E-state index in [1.54, 1.807) is 4.68 Å². The van der Waals surface area contributed by atoms with Crippen LogP contribution in [0.3, 0.4) is 0 Å². The Morgan fingerprint density at radius 3 is 2.77 bits per heavy atom. The maximum atomic E-state index is 12.3. The molecule has 6 heteroatoms. The van der Waals surface area contributed by atoms with Gasteiger partial charge in [-0.1, -0.05) is 24.3 Å². The van der Waals surface area contributed by atoms with Gasteiger partial charge >= 0.3 is 5.97 Å². The molecule has 1 aliphatic rings. The highest BCUT2D eigenvalue weighted by Crippen LogP contribution is 2.36. The number of benzene rings is 2. The second kappa shape index (κ2) is 9.08. The van der Waals surface area contributed by atoms with Gasteiger partial charge in [0, 0.05) is 48.7 Å². The number of carbonyl (C=O) groups excluding carboxylic acids is 1. The van der Waals surface area contributed by atoms with Crippen molar-refractivity contribution in [1.29, 1.82) is 0 Å². The van der Waals surface area contributed by atoms with Gasteiger partial charge < -0.3 is 14.4 Å². The number of esters is 1. The molecule has 0 saturated carbocycles. The van der Waals surface area contributed by atoms with Crippen molar-refractivity contribution in [2.75, 3.05) is 25.2 Å². The summed E-state index contributed by atoms with van der Waals surface area (Å²) >= 11 is 0. The SMILES string of the molecule is CCOc1ccccc1-c1ccc2c(c1)C=C(C(=O)OC)CCN2Cc1cnn(C)c1. The minimum atomic E-state index is -0.283. The number of para-hydroxylation sites is 1. The summed E-state index contributed by atoms with van der Waals surface area (Å²) in [6, 6.07) is 14.4. The predicted octanol–water partition coefficient (Wildman–Crippen LogP) is 4.45. The quantitative estimate of drug-likeness (QED) is 0.555. The van der Waals surface area contributed by atoms with Crippen molar-refractivity contribution in [1.82, 2.24) is 9.78 Å². The summed E-state index contributed by atoms with van der Waals surface area (Å²) in [7, 11) is 3.34. The fourth-order valence-electron chi connectivity index (χ4n) is 3.98. The summed E-state index contributed by atoms with van der Waals surface area (Å²) in [5.74, 6) is 0.567. The van der Waals surface area contributed by atoms with E-state index in [9.17, 15) is 4.79 Å². The Kier molecular flexibility index (Phi) is 6.07. The van der Waals surface area contributed by atoms with Crippen LogP contribution in [-0.2, 0) is 23.1 Å². The highest BCUT2D eigenvalue weighted by Gasteiger charge is 2.21. The van der Waals surface area contributed by atoms with E-state index in [1.807, 2.05) is 50.6 Å². The fourth-order valence-corrected chi connectivity index (χ4v) is 3.98. The van der Waals surface area contributed by atoms with Gasteiger partial charge in [0.15, 0.2) is 0 Å². The van der Waals surface area contributed by atoms with Crippen LogP contribution in [0.2, 0.25) is 0 Å². The molecule has 0 atom stereocenters. The molecule has 0 aliphatic carbocycles. The van der Waals surface area contributed by atoms with Crippen molar-refractivity contribution in [2.45, 2.75) is 19.9 Å². The summed E-state index contributed by atoms with van der Waals surface area (Å²) in [5.41, 5.74) is 5.95. The van der Waals surface area contributed by atoms with Crippen LogP contribution in [0.5, 0.6) is 5.75 Å². The number of aryl methyl sites for hydroxylation is 1. The molecule has 2 heterocycles. The maximum Gasteiger partial charge on any atom is 0.333 e. The molecule has 0 fully saturated rings. The number of carbonyl (C=O) groups is 1. The van der Waals surface area contributed by atoms with Crippen LogP contribution >= 0.6 is 0 Å². The largest absolute Gasteiger partial charge is 0.493 e. The summed E-state index contributed by atoms with van der Waals surface area (Å²) in [6.07, 6.45) is 6.47. The van der Waals surface area contributed by atoms with Gasteiger partial charge in [0.2, 0.25) is 0 Å². The van der Waals surface area contributed by atoms with Crippen LogP contribution < -0.4 is 9.64 Å². The highest BCUT2D eigenvalue weighted by molar-refractivity contribution is 5.96. The lowest BCUT2D eigenvalue weighted by Crippen LogP contribution is -2.24. The van der Waals surface area contributed by atoms with Gasteiger partial charge in [-0.25, -0.2) is 4.79 Å². The first-order valence-corrected chi connectivity index (χ1v) is 10.5. The molecule has 0 spiro atoms. The summed E-state index contributed by atoms with van der Waals surface area (Å²) in [4.78, 5) is 14.6.